The van der Waals surface area contributed by atoms with Gasteiger partial charge in [0.15, 0.2) is 6.10 Å². The average Bonchev–Trinajstić information content (AvgIpc) is 2.67. The van der Waals surface area contributed by atoms with E-state index in [1.54, 1.807) is 12.1 Å². The highest BCUT2D eigenvalue weighted by Crippen LogP contribution is 2.23. The van der Waals surface area contributed by atoms with Crippen molar-refractivity contribution in [3.63, 3.8) is 0 Å². The minimum Gasteiger partial charge on any atom is -0.451 e. The molecule has 3 atom stereocenters. The lowest BCUT2D eigenvalue weighted by Gasteiger charge is -2.30. The summed E-state index contributed by atoms with van der Waals surface area (Å²) in [7, 11) is 0. The van der Waals surface area contributed by atoms with Crippen LogP contribution in [0.5, 0.6) is 0 Å². The molecule has 0 unspecified atom stereocenters. The van der Waals surface area contributed by atoms with Gasteiger partial charge in [0.05, 0.1) is 10.8 Å². The Balaban J connectivity index is 1.64. The van der Waals surface area contributed by atoms with E-state index in [1.165, 1.54) is 19.1 Å². The van der Waals surface area contributed by atoms with Gasteiger partial charge < -0.3 is 10.1 Å². The average molecular weight is 387 g/mol. The number of carbonyl (C=O) groups is 2. The number of fused-ring (bicyclic) bond motifs is 1. The van der Waals surface area contributed by atoms with Gasteiger partial charge in [-0.1, -0.05) is 31.9 Å². The number of rotatable bonds is 5. The molecule has 1 amide bonds. The normalized spacial score (nSPS) is 20.5. The summed E-state index contributed by atoms with van der Waals surface area (Å²) in [6.07, 6.45) is 3.24. The molecule has 2 aromatic rings. The van der Waals surface area contributed by atoms with Crippen molar-refractivity contribution in [2.45, 2.75) is 58.2 Å². The van der Waals surface area contributed by atoms with Crippen LogP contribution in [-0.4, -0.2) is 33.8 Å². The van der Waals surface area contributed by atoms with Crippen molar-refractivity contribution in [1.82, 2.24) is 15.1 Å². The number of nitrogens with zero attached hydrogens (tertiary/aromatic N) is 1. The molecule has 1 heterocycles. The molecular formula is C20H25N3O5. The van der Waals surface area contributed by atoms with Crippen molar-refractivity contribution in [3.05, 3.63) is 45.0 Å². The van der Waals surface area contributed by atoms with Gasteiger partial charge in [0.2, 0.25) is 0 Å². The molecule has 2 N–H and O–H groups in total. The molecule has 150 valence electrons. The summed E-state index contributed by atoms with van der Waals surface area (Å²) in [6, 6.07) is 6.45. The first-order valence-electron chi connectivity index (χ1n) is 9.58. The molecule has 0 bridgehead atoms. The van der Waals surface area contributed by atoms with Gasteiger partial charge in [0.25, 0.3) is 17.0 Å². The van der Waals surface area contributed by atoms with E-state index in [0.29, 0.717) is 5.92 Å². The highest BCUT2D eigenvalue weighted by atomic mass is 16.5. The van der Waals surface area contributed by atoms with Crippen molar-refractivity contribution in [3.8, 4) is 0 Å². The number of benzene rings is 1. The molecule has 1 aliphatic rings. The highest BCUT2D eigenvalue weighted by Gasteiger charge is 2.26. The lowest BCUT2D eigenvalue weighted by molar-refractivity contribution is -0.156. The van der Waals surface area contributed by atoms with E-state index in [9.17, 15) is 19.2 Å². The Kier molecular flexibility index (Phi) is 5.96. The van der Waals surface area contributed by atoms with Crippen LogP contribution in [0, 0.1) is 5.92 Å². The minimum atomic E-state index is -0.982. The molecule has 1 aromatic heterocycles. The Morgan fingerprint density at radius 1 is 1.21 bits per heavy atom. The van der Waals surface area contributed by atoms with Crippen LogP contribution in [0.1, 0.15) is 39.5 Å². The summed E-state index contributed by atoms with van der Waals surface area (Å²) in [5.74, 6) is -0.735. The van der Waals surface area contributed by atoms with Crippen LogP contribution in [-0.2, 0) is 20.9 Å². The second kappa shape index (κ2) is 8.41. The molecule has 1 fully saturated rings. The SMILES string of the molecule is C[C@H](OC(=O)Cn1[nH]c(=O)c2ccccc2c1=O)C(=O)N[C@H]1CCCC[C@H]1C. The van der Waals surface area contributed by atoms with Crippen molar-refractivity contribution in [2.24, 2.45) is 5.92 Å². The molecular weight excluding hydrogens is 362 g/mol. The Bertz CT molecular complexity index is 993. The fourth-order valence-corrected chi connectivity index (χ4v) is 3.61. The Morgan fingerprint density at radius 2 is 1.89 bits per heavy atom. The van der Waals surface area contributed by atoms with Crippen molar-refractivity contribution < 1.29 is 14.3 Å². The second-order valence-corrected chi connectivity index (χ2v) is 7.39. The zero-order chi connectivity index (χ0) is 20.3. The first-order chi connectivity index (χ1) is 13.4. The van der Waals surface area contributed by atoms with E-state index < -0.39 is 29.7 Å². The predicted molar refractivity (Wildman–Crippen MR) is 104 cm³/mol. The van der Waals surface area contributed by atoms with Crippen molar-refractivity contribution in [1.29, 1.82) is 0 Å². The van der Waals surface area contributed by atoms with Crippen molar-refractivity contribution >= 4 is 22.6 Å². The number of esters is 1. The van der Waals surface area contributed by atoms with E-state index >= 15 is 0 Å². The zero-order valence-electron chi connectivity index (χ0n) is 16.1. The fourth-order valence-electron chi connectivity index (χ4n) is 3.61. The van der Waals surface area contributed by atoms with Gasteiger partial charge >= 0.3 is 5.97 Å². The van der Waals surface area contributed by atoms with Gasteiger partial charge in [-0.15, -0.1) is 0 Å². The van der Waals surface area contributed by atoms with Crippen LogP contribution in [0.4, 0.5) is 0 Å². The quantitative estimate of drug-likeness (QED) is 0.752. The summed E-state index contributed by atoms with van der Waals surface area (Å²) in [5, 5.41) is 5.79. The van der Waals surface area contributed by atoms with Crippen LogP contribution in [0.2, 0.25) is 0 Å². The summed E-state index contributed by atoms with van der Waals surface area (Å²) in [6.45, 7) is 3.12. The smallest absolute Gasteiger partial charge is 0.328 e. The van der Waals surface area contributed by atoms with Gasteiger partial charge in [-0.25, -0.2) is 4.68 Å². The molecule has 3 rings (SSSR count). The molecule has 28 heavy (non-hydrogen) atoms. The topological polar surface area (TPSA) is 110 Å². The maximum absolute atomic E-state index is 12.4. The molecule has 0 aliphatic heterocycles. The monoisotopic (exact) mass is 387 g/mol. The van der Waals surface area contributed by atoms with Crippen LogP contribution >= 0.6 is 0 Å². The second-order valence-electron chi connectivity index (χ2n) is 7.39. The zero-order valence-corrected chi connectivity index (χ0v) is 16.1. The third-order valence-corrected chi connectivity index (χ3v) is 5.29. The Labute approximate surface area is 161 Å². The van der Waals surface area contributed by atoms with Gasteiger partial charge in [-0.3, -0.25) is 24.3 Å². The van der Waals surface area contributed by atoms with Crippen LogP contribution in [0.15, 0.2) is 33.9 Å². The van der Waals surface area contributed by atoms with Gasteiger partial charge in [-0.05, 0) is 37.8 Å². The Hall–Kier alpha value is -2.90. The number of hydrogen-bond acceptors (Lipinski definition) is 5. The summed E-state index contributed by atoms with van der Waals surface area (Å²) < 4.78 is 6.07. The standard InChI is InChI=1S/C20H25N3O5/c1-12-7-3-6-10-16(12)21-18(25)13(2)28-17(24)11-23-20(27)15-9-5-4-8-14(15)19(26)22-23/h4-5,8-9,12-13,16H,3,6-7,10-11H2,1-2H3,(H,21,25)(H,22,26)/t12-,13+,16+/m1/s1. The van der Waals surface area contributed by atoms with E-state index in [1.807, 2.05) is 0 Å². The minimum absolute atomic E-state index is 0.0851. The predicted octanol–water partition coefficient (Wildman–Crippen LogP) is 1.32. The van der Waals surface area contributed by atoms with Crippen molar-refractivity contribution in [2.75, 3.05) is 0 Å². The Morgan fingerprint density at radius 3 is 2.61 bits per heavy atom. The number of H-pyrrole nitrogens is 1. The largest absolute Gasteiger partial charge is 0.451 e. The molecule has 0 radical (unpaired) electrons. The van der Waals surface area contributed by atoms with E-state index in [2.05, 4.69) is 17.3 Å². The summed E-state index contributed by atoms with van der Waals surface area (Å²) in [4.78, 5) is 49.1. The number of nitrogens with one attached hydrogen (secondary N) is 2. The summed E-state index contributed by atoms with van der Waals surface area (Å²) >= 11 is 0. The molecule has 1 aliphatic carbocycles. The first kappa shape index (κ1) is 19.9. The first-order valence-corrected chi connectivity index (χ1v) is 9.58. The van der Waals surface area contributed by atoms with E-state index in [0.717, 1.165) is 30.4 Å². The van der Waals surface area contributed by atoms with Gasteiger partial charge in [0, 0.05) is 6.04 Å². The van der Waals surface area contributed by atoms with E-state index in [-0.39, 0.29) is 22.7 Å². The van der Waals surface area contributed by atoms with E-state index in [4.69, 9.17) is 4.74 Å². The van der Waals surface area contributed by atoms with Gasteiger partial charge in [-0.2, -0.15) is 0 Å². The number of ether oxygens (including phenoxy) is 1. The maximum atomic E-state index is 12.4. The molecule has 0 saturated heterocycles. The van der Waals surface area contributed by atoms with Crippen LogP contribution in [0.3, 0.4) is 0 Å². The van der Waals surface area contributed by atoms with Crippen LogP contribution < -0.4 is 16.4 Å². The summed E-state index contributed by atoms with van der Waals surface area (Å²) in [5.41, 5.74) is -0.972. The number of aromatic nitrogens is 2. The number of aromatic amines is 1. The third-order valence-electron chi connectivity index (χ3n) is 5.29. The molecule has 8 nitrogen and oxygen atoms in total. The third kappa shape index (κ3) is 4.32. The highest BCUT2D eigenvalue weighted by molar-refractivity contribution is 5.84. The fraction of sp³-hybridized carbons (Fsp3) is 0.500. The number of hydrogen-bond donors (Lipinski definition) is 2. The van der Waals surface area contributed by atoms with Gasteiger partial charge in [0.1, 0.15) is 6.54 Å². The number of carbonyl (C=O) groups excluding carboxylic acids is 2. The molecule has 8 heteroatoms. The molecule has 1 aromatic carbocycles. The number of amides is 1. The lowest BCUT2D eigenvalue weighted by Crippen LogP contribution is -2.46. The van der Waals surface area contributed by atoms with Crippen LogP contribution in [0.25, 0.3) is 10.8 Å². The molecule has 1 saturated carbocycles. The molecule has 0 spiro atoms. The maximum Gasteiger partial charge on any atom is 0.328 e. The lowest BCUT2D eigenvalue weighted by atomic mass is 9.86.